The van der Waals surface area contributed by atoms with Crippen molar-refractivity contribution in [3.8, 4) is 0 Å². The zero-order valence-electron chi connectivity index (χ0n) is 10.9. The molecule has 1 heterocycles. The molecule has 2 aromatic rings. The van der Waals surface area contributed by atoms with Gasteiger partial charge in [0.1, 0.15) is 5.01 Å². The van der Waals surface area contributed by atoms with Crippen molar-refractivity contribution in [1.82, 2.24) is 10.3 Å². The van der Waals surface area contributed by atoms with Crippen molar-refractivity contribution in [1.29, 1.82) is 0 Å². The van der Waals surface area contributed by atoms with Gasteiger partial charge in [-0.2, -0.15) is 0 Å². The maximum atomic E-state index is 12.0. The van der Waals surface area contributed by atoms with E-state index in [2.05, 4.69) is 10.3 Å². The number of carbonyl (C=O) groups excluding carboxylic acids is 1. The van der Waals surface area contributed by atoms with Crippen LogP contribution in [0.2, 0.25) is 0 Å². The summed E-state index contributed by atoms with van der Waals surface area (Å²) in [6.07, 6.45) is 1.71. The number of aromatic nitrogens is 1. The molecule has 1 amide bonds. The summed E-state index contributed by atoms with van der Waals surface area (Å²) >= 11 is 1.50. The van der Waals surface area contributed by atoms with Crippen LogP contribution in [0, 0.1) is 0 Å². The highest BCUT2D eigenvalue weighted by molar-refractivity contribution is 7.09. The van der Waals surface area contributed by atoms with Crippen LogP contribution >= 0.6 is 11.3 Å². The third-order valence-electron chi connectivity index (χ3n) is 2.71. The quantitative estimate of drug-likeness (QED) is 0.900. The molecule has 0 radical (unpaired) electrons. The largest absolute Gasteiger partial charge is 0.386 e. The van der Waals surface area contributed by atoms with Crippen LogP contribution in [0.1, 0.15) is 34.8 Å². The number of nitrogens with zero attached hydrogens (tertiary/aromatic N) is 1. The summed E-state index contributed by atoms with van der Waals surface area (Å²) < 4.78 is 0. The maximum absolute atomic E-state index is 12.0. The molecule has 0 saturated carbocycles. The van der Waals surface area contributed by atoms with Crippen molar-refractivity contribution < 1.29 is 9.90 Å². The molecule has 0 bridgehead atoms. The van der Waals surface area contributed by atoms with Crippen molar-refractivity contribution in [3.63, 3.8) is 0 Å². The SMILES string of the molecule is CC(C)(O)c1cccc(C(=O)NCc2nccs2)c1. The molecule has 5 heteroatoms. The fourth-order valence-electron chi connectivity index (χ4n) is 1.64. The Labute approximate surface area is 116 Å². The monoisotopic (exact) mass is 276 g/mol. The van der Waals surface area contributed by atoms with Crippen LogP contribution in [0.5, 0.6) is 0 Å². The Morgan fingerprint density at radius 3 is 2.89 bits per heavy atom. The Morgan fingerprint density at radius 1 is 1.47 bits per heavy atom. The number of aliphatic hydroxyl groups is 1. The molecule has 2 N–H and O–H groups in total. The van der Waals surface area contributed by atoms with Crippen LogP contribution < -0.4 is 5.32 Å². The van der Waals surface area contributed by atoms with E-state index in [9.17, 15) is 9.90 Å². The molecule has 0 aliphatic rings. The number of amides is 1. The van der Waals surface area contributed by atoms with Crippen LogP contribution in [-0.2, 0) is 12.1 Å². The van der Waals surface area contributed by atoms with Gasteiger partial charge < -0.3 is 10.4 Å². The van der Waals surface area contributed by atoms with Crippen molar-refractivity contribution in [3.05, 3.63) is 52.0 Å². The maximum Gasteiger partial charge on any atom is 0.251 e. The standard InChI is InChI=1S/C14H16N2O2S/c1-14(2,18)11-5-3-4-10(8-11)13(17)16-9-12-15-6-7-19-12/h3-8,18H,9H2,1-2H3,(H,16,17). The normalized spacial score (nSPS) is 11.3. The number of hydrogen-bond donors (Lipinski definition) is 2. The first-order valence-corrected chi connectivity index (χ1v) is 6.84. The molecule has 0 spiro atoms. The number of rotatable bonds is 4. The Morgan fingerprint density at radius 2 is 2.26 bits per heavy atom. The predicted octanol–water partition coefficient (Wildman–Crippen LogP) is 2.30. The highest BCUT2D eigenvalue weighted by Gasteiger charge is 2.17. The van der Waals surface area contributed by atoms with Gasteiger partial charge in [0, 0.05) is 17.1 Å². The molecule has 0 atom stereocenters. The molecule has 19 heavy (non-hydrogen) atoms. The van der Waals surface area contributed by atoms with Gasteiger partial charge in [0.15, 0.2) is 0 Å². The molecular formula is C14H16N2O2S. The second kappa shape index (κ2) is 5.50. The summed E-state index contributed by atoms with van der Waals surface area (Å²) in [6, 6.07) is 7.01. The number of hydrogen-bond acceptors (Lipinski definition) is 4. The first kappa shape index (κ1) is 13.7. The van der Waals surface area contributed by atoms with Gasteiger partial charge in [0.25, 0.3) is 5.91 Å². The van der Waals surface area contributed by atoms with Gasteiger partial charge in [-0.25, -0.2) is 4.98 Å². The number of thiazole rings is 1. The second-order valence-corrected chi connectivity index (χ2v) is 5.73. The van der Waals surface area contributed by atoms with Crippen LogP contribution in [0.3, 0.4) is 0 Å². The van der Waals surface area contributed by atoms with Crippen molar-refractivity contribution in [2.45, 2.75) is 26.0 Å². The van der Waals surface area contributed by atoms with E-state index < -0.39 is 5.60 Å². The Kier molecular flexibility index (Phi) is 3.97. The minimum atomic E-state index is -0.953. The van der Waals surface area contributed by atoms with Gasteiger partial charge in [-0.05, 0) is 31.5 Å². The lowest BCUT2D eigenvalue weighted by Crippen LogP contribution is -2.23. The summed E-state index contributed by atoms with van der Waals surface area (Å²) in [7, 11) is 0. The van der Waals surface area contributed by atoms with Crippen LogP contribution in [0.15, 0.2) is 35.8 Å². The third-order valence-corrected chi connectivity index (χ3v) is 3.49. The second-order valence-electron chi connectivity index (χ2n) is 4.75. The zero-order valence-corrected chi connectivity index (χ0v) is 11.7. The molecule has 0 aliphatic heterocycles. The first-order chi connectivity index (χ1) is 8.97. The summed E-state index contributed by atoms with van der Waals surface area (Å²) in [5.41, 5.74) is 0.302. The summed E-state index contributed by atoms with van der Waals surface area (Å²) in [5.74, 6) is -0.165. The Bertz CT molecular complexity index is 559. The average molecular weight is 276 g/mol. The van der Waals surface area contributed by atoms with E-state index >= 15 is 0 Å². The topological polar surface area (TPSA) is 62.2 Å². The minimum absolute atomic E-state index is 0.165. The fraction of sp³-hybridized carbons (Fsp3) is 0.286. The molecular weight excluding hydrogens is 260 g/mol. The lowest BCUT2D eigenvalue weighted by Gasteiger charge is -2.18. The number of nitrogens with one attached hydrogen (secondary N) is 1. The molecule has 1 aromatic carbocycles. The van der Waals surface area contributed by atoms with Crippen molar-refractivity contribution in [2.24, 2.45) is 0 Å². The molecule has 0 unspecified atom stereocenters. The summed E-state index contributed by atoms with van der Waals surface area (Å²) in [6.45, 7) is 3.81. The van der Waals surface area contributed by atoms with Gasteiger partial charge in [-0.15, -0.1) is 11.3 Å². The molecule has 1 aromatic heterocycles. The highest BCUT2D eigenvalue weighted by atomic mass is 32.1. The summed E-state index contributed by atoms with van der Waals surface area (Å²) in [5, 5.41) is 15.5. The van der Waals surface area contributed by atoms with Crippen molar-refractivity contribution >= 4 is 17.2 Å². The van der Waals surface area contributed by atoms with E-state index in [0.717, 1.165) is 10.6 Å². The van der Waals surface area contributed by atoms with Crippen molar-refractivity contribution in [2.75, 3.05) is 0 Å². The first-order valence-electron chi connectivity index (χ1n) is 5.96. The van der Waals surface area contributed by atoms with E-state index in [0.29, 0.717) is 12.1 Å². The fourth-order valence-corrected chi connectivity index (χ4v) is 2.20. The molecule has 100 valence electrons. The zero-order chi connectivity index (χ0) is 13.9. The van der Waals surface area contributed by atoms with Gasteiger partial charge in [-0.3, -0.25) is 4.79 Å². The Hall–Kier alpha value is -1.72. The molecule has 0 saturated heterocycles. The minimum Gasteiger partial charge on any atom is -0.386 e. The Balaban J connectivity index is 2.07. The average Bonchev–Trinajstić information content (AvgIpc) is 2.88. The van der Waals surface area contributed by atoms with Crippen LogP contribution in [0.25, 0.3) is 0 Å². The van der Waals surface area contributed by atoms with Gasteiger partial charge in [0.2, 0.25) is 0 Å². The molecule has 0 fully saturated rings. The highest BCUT2D eigenvalue weighted by Crippen LogP contribution is 2.20. The molecule has 4 nitrogen and oxygen atoms in total. The van der Waals surface area contributed by atoms with Gasteiger partial charge >= 0.3 is 0 Å². The van der Waals surface area contributed by atoms with Gasteiger partial charge in [0.05, 0.1) is 12.1 Å². The van der Waals surface area contributed by atoms with Gasteiger partial charge in [-0.1, -0.05) is 12.1 Å². The third kappa shape index (κ3) is 3.62. The lowest BCUT2D eigenvalue weighted by molar-refractivity contribution is 0.0784. The predicted molar refractivity (Wildman–Crippen MR) is 75.0 cm³/mol. The van der Waals surface area contributed by atoms with E-state index in [4.69, 9.17) is 0 Å². The lowest BCUT2D eigenvalue weighted by atomic mass is 9.96. The van der Waals surface area contributed by atoms with E-state index in [1.54, 1.807) is 44.3 Å². The van der Waals surface area contributed by atoms with E-state index in [1.807, 2.05) is 5.38 Å². The van der Waals surface area contributed by atoms with Crippen LogP contribution in [0.4, 0.5) is 0 Å². The smallest absolute Gasteiger partial charge is 0.251 e. The number of carbonyl (C=O) groups is 1. The van der Waals surface area contributed by atoms with E-state index in [-0.39, 0.29) is 5.91 Å². The van der Waals surface area contributed by atoms with Crippen LogP contribution in [-0.4, -0.2) is 16.0 Å². The van der Waals surface area contributed by atoms with E-state index in [1.165, 1.54) is 11.3 Å². The molecule has 0 aliphatic carbocycles. The summed E-state index contributed by atoms with van der Waals surface area (Å²) in [4.78, 5) is 16.1. The number of benzene rings is 1. The molecule has 2 rings (SSSR count).